The van der Waals surface area contributed by atoms with Gasteiger partial charge in [0.2, 0.25) is 0 Å². The fraction of sp³-hybridized carbons (Fsp3) is 0.174. The molecule has 0 fully saturated rings. The van der Waals surface area contributed by atoms with Crippen molar-refractivity contribution in [2.75, 3.05) is 6.61 Å². The number of nitriles is 1. The molecule has 0 saturated heterocycles. The SMILES string of the molecule is CCOc1ccc2nc(/C(C#N)=C\C3=Cc4ccccc4OC3C)[nH]c(=O)c2c1. The number of allylic oxidation sites excluding steroid dienone is 1. The fourth-order valence-electron chi connectivity index (χ4n) is 3.24. The van der Waals surface area contributed by atoms with Crippen LogP contribution in [0.5, 0.6) is 11.5 Å². The molecule has 0 amide bonds. The summed E-state index contributed by atoms with van der Waals surface area (Å²) in [5.74, 6) is 1.63. The van der Waals surface area contributed by atoms with Crippen molar-refractivity contribution in [2.45, 2.75) is 20.0 Å². The van der Waals surface area contributed by atoms with E-state index in [4.69, 9.17) is 9.47 Å². The van der Waals surface area contributed by atoms with Gasteiger partial charge in [0.25, 0.3) is 5.56 Å². The van der Waals surface area contributed by atoms with Gasteiger partial charge in [0.1, 0.15) is 23.7 Å². The van der Waals surface area contributed by atoms with Crippen molar-refractivity contribution in [1.29, 1.82) is 5.26 Å². The van der Waals surface area contributed by atoms with E-state index in [1.54, 1.807) is 24.3 Å². The summed E-state index contributed by atoms with van der Waals surface area (Å²) in [6, 6.07) is 15.0. The average Bonchev–Trinajstić information content (AvgIpc) is 2.72. The Bertz CT molecular complexity index is 1250. The van der Waals surface area contributed by atoms with Gasteiger partial charge in [-0.2, -0.15) is 5.26 Å². The summed E-state index contributed by atoms with van der Waals surface area (Å²) in [5.41, 5.74) is 2.21. The predicted octanol–water partition coefficient (Wildman–Crippen LogP) is 4.09. The minimum atomic E-state index is -0.319. The lowest BCUT2D eigenvalue weighted by Crippen LogP contribution is -2.18. The second-order valence-electron chi connectivity index (χ2n) is 6.64. The van der Waals surface area contributed by atoms with Gasteiger partial charge in [-0.3, -0.25) is 4.79 Å². The van der Waals surface area contributed by atoms with E-state index < -0.39 is 0 Å². The number of H-pyrrole nitrogens is 1. The summed E-state index contributed by atoms with van der Waals surface area (Å²) < 4.78 is 11.4. The molecule has 6 heteroatoms. The van der Waals surface area contributed by atoms with Crippen molar-refractivity contribution in [3.8, 4) is 17.6 Å². The van der Waals surface area contributed by atoms with E-state index in [9.17, 15) is 10.1 Å². The van der Waals surface area contributed by atoms with Crippen LogP contribution >= 0.6 is 0 Å². The van der Waals surface area contributed by atoms with Crippen molar-refractivity contribution in [1.82, 2.24) is 9.97 Å². The van der Waals surface area contributed by atoms with Crippen LogP contribution < -0.4 is 15.0 Å². The molecule has 1 unspecified atom stereocenters. The van der Waals surface area contributed by atoms with Crippen LogP contribution in [-0.4, -0.2) is 22.7 Å². The molecular weight excluding hydrogens is 366 g/mol. The lowest BCUT2D eigenvalue weighted by Gasteiger charge is -2.23. The molecule has 1 aliphatic heterocycles. The second kappa shape index (κ2) is 7.64. The molecule has 29 heavy (non-hydrogen) atoms. The van der Waals surface area contributed by atoms with Gasteiger partial charge in [-0.1, -0.05) is 18.2 Å². The van der Waals surface area contributed by atoms with Crippen LogP contribution in [0.25, 0.3) is 22.6 Å². The largest absolute Gasteiger partial charge is 0.494 e. The van der Waals surface area contributed by atoms with Crippen LogP contribution in [0.4, 0.5) is 0 Å². The monoisotopic (exact) mass is 385 g/mol. The molecule has 0 spiro atoms. The number of nitrogens with one attached hydrogen (secondary N) is 1. The lowest BCUT2D eigenvalue weighted by molar-refractivity contribution is 0.257. The van der Waals surface area contributed by atoms with Crippen LogP contribution in [0.2, 0.25) is 0 Å². The van der Waals surface area contributed by atoms with Crippen LogP contribution in [0, 0.1) is 11.3 Å². The number of ether oxygens (including phenoxy) is 2. The number of para-hydroxylation sites is 1. The van der Waals surface area contributed by atoms with Crippen LogP contribution in [0.15, 0.2) is 58.9 Å². The quantitative estimate of drug-likeness (QED) is 0.683. The molecule has 0 bridgehead atoms. The predicted molar refractivity (Wildman–Crippen MR) is 112 cm³/mol. The molecule has 1 atom stereocenters. The fourth-order valence-corrected chi connectivity index (χ4v) is 3.24. The van der Waals surface area contributed by atoms with Gasteiger partial charge in [0, 0.05) is 5.56 Å². The summed E-state index contributed by atoms with van der Waals surface area (Å²) >= 11 is 0. The molecule has 1 N–H and O–H groups in total. The maximum Gasteiger partial charge on any atom is 0.259 e. The highest BCUT2D eigenvalue weighted by atomic mass is 16.5. The number of fused-ring (bicyclic) bond motifs is 2. The van der Waals surface area contributed by atoms with Crippen molar-refractivity contribution in [2.24, 2.45) is 0 Å². The minimum absolute atomic E-state index is 0.223. The molecule has 0 saturated carbocycles. The van der Waals surface area contributed by atoms with Crippen molar-refractivity contribution < 1.29 is 9.47 Å². The summed E-state index contributed by atoms with van der Waals surface area (Å²) in [4.78, 5) is 19.8. The average molecular weight is 385 g/mol. The van der Waals surface area contributed by atoms with Gasteiger partial charge in [-0.15, -0.1) is 0 Å². The highest BCUT2D eigenvalue weighted by Gasteiger charge is 2.18. The van der Waals surface area contributed by atoms with E-state index in [2.05, 4.69) is 16.0 Å². The summed E-state index contributed by atoms with van der Waals surface area (Å²) in [5, 5.41) is 10.1. The number of aromatic amines is 1. The molecule has 1 aliphatic rings. The van der Waals surface area contributed by atoms with E-state index >= 15 is 0 Å². The Morgan fingerprint density at radius 1 is 1.34 bits per heavy atom. The summed E-state index contributed by atoms with van der Waals surface area (Å²) in [6.07, 6.45) is 3.46. The van der Waals surface area contributed by atoms with Crippen molar-refractivity contribution in [3.63, 3.8) is 0 Å². The Morgan fingerprint density at radius 2 is 2.17 bits per heavy atom. The standard InChI is InChI=1S/C23H19N3O3/c1-3-28-18-8-9-20-19(12-18)23(27)26-22(25-20)17(13-24)11-16-10-15-6-4-5-7-21(15)29-14(16)2/h4-12,14H,3H2,1-2H3,(H,25,26,27)/b17-11-. The Kier molecular flexibility index (Phi) is 4.88. The summed E-state index contributed by atoms with van der Waals surface area (Å²) in [7, 11) is 0. The highest BCUT2D eigenvalue weighted by molar-refractivity contribution is 5.83. The Morgan fingerprint density at radius 3 is 2.97 bits per heavy atom. The second-order valence-corrected chi connectivity index (χ2v) is 6.64. The van der Waals surface area contributed by atoms with E-state index in [-0.39, 0.29) is 23.1 Å². The lowest BCUT2D eigenvalue weighted by atomic mass is 10.00. The zero-order valence-corrected chi connectivity index (χ0v) is 16.1. The molecule has 4 rings (SSSR count). The van der Waals surface area contributed by atoms with E-state index in [1.807, 2.05) is 44.2 Å². The zero-order chi connectivity index (χ0) is 20.4. The summed E-state index contributed by atoms with van der Waals surface area (Å²) in [6.45, 7) is 4.30. The molecule has 1 aromatic heterocycles. The Labute approximate surface area is 167 Å². The molecule has 2 heterocycles. The topological polar surface area (TPSA) is 88.0 Å². The molecule has 2 aromatic carbocycles. The number of benzene rings is 2. The number of aromatic nitrogens is 2. The number of nitrogens with zero attached hydrogens (tertiary/aromatic N) is 2. The number of hydrogen-bond acceptors (Lipinski definition) is 5. The van der Waals surface area contributed by atoms with Crippen LogP contribution in [-0.2, 0) is 0 Å². The number of rotatable bonds is 4. The first kappa shape index (κ1) is 18.5. The third kappa shape index (κ3) is 3.63. The maximum atomic E-state index is 12.6. The van der Waals surface area contributed by atoms with Crippen LogP contribution in [0.1, 0.15) is 25.2 Å². The van der Waals surface area contributed by atoms with E-state index in [0.29, 0.717) is 23.3 Å². The molecular formula is C23H19N3O3. The van der Waals surface area contributed by atoms with Crippen molar-refractivity contribution >= 4 is 22.6 Å². The molecule has 144 valence electrons. The number of hydrogen-bond donors (Lipinski definition) is 1. The van der Waals surface area contributed by atoms with Gasteiger partial charge >= 0.3 is 0 Å². The highest BCUT2D eigenvalue weighted by Crippen LogP contribution is 2.31. The molecule has 0 aliphatic carbocycles. The van der Waals surface area contributed by atoms with Gasteiger partial charge in [-0.05, 0) is 55.8 Å². The van der Waals surface area contributed by atoms with Gasteiger partial charge in [0.15, 0.2) is 5.82 Å². The first-order valence-electron chi connectivity index (χ1n) is 9.35. The molecule has 6 nitrogen and oxygen atoms in total. The first-order valence-corrected chi connectivity index (χ1v) is 9.35. The van der Waals surface area contributed by atoms with Crippen molar-refractivity contribution in [3.05, 3.63) is 75.9 Å². The Hall–Kier alpha value is -3.85. The van der Waals surface area contributed by atoms with E-state index in [0.717, 1.165) is 16.9 Å². The third-order valence-electron chi connectivity index (χ3n) is 4.69. The maximum absolute atomic E-state index is 12.6. The smallest absolute Gasteiger partial charge is 0.259 e. The molecule has 3 aromatic rings. The minimum Gasteiger partial charge on any atom is -0.494 e. The van der Waals surface area contributed by atoms with Gasteiger partial charge in [0.05, 0.1) is 23.1 Å². The van der Waals surface area contributed by atoms with E-state index in [1.165, 1.54) is 0 Å². The third-order valence-corrected chi connectivity index (χ3v) is 4.69. The Balaban J connectivity index is 1.77. The zero-order valence-electron chi connectivity index (χ0n) is 16.1. The van der Waals surface area contributed by atoms with Gasteiger partial charge < -0.3 is 14.5 Å². The van der Waals surface area contributed by atoms with Gasteiger partial charge in [-0.25, -0.2) is 4.98 Å². The normalized spacial score (nSPS) is 15.8. The van der Waals surface area contributed by atoms with Crippen LogP contribution in [0.3, 0.4) is 0 Å². The molecule has 0 radical (unpaired) electrons. The first-order chi connectivity index (χ1) is 14.1.